The highest BCUT2D eigenvalue weighted by molar-refractivity contribution is 7.80. The number of amides is 3. The molecule has 5 nitrogen and oxygen atoms in total. The van der Waals surface area contributed by atoms with Crippen LogP contribution in [0, 0.1) is 0 Å². The maximum absolute atomic E-state index is 11.7. The van der Waals surface area contributed by atoms with Crippen molar-refractivity contribution in [3.63, 3.8) is 0 Å². The van der Waals surface area contributed by atoms with Crippen LogP contribution < -0.4 is 5.32 Å². The lowest BCUT2D eigenvalue weighted by Gasteiger charge is -2.15. The summed E-state index contributed by atoms with van der Waals surface area (Å²) in [6.07, 6.45) is 0. The van der Waals surface area contributed by atoms with E-state index in [0.717, 1.165) is 0 Å². The molecule has 0 aromatic heterocycles. The first kappa shape index (κ1) is 12.3. The molecule has 6 heteroatoms. The summed E-state index contributed by atoms with van der Waals surface area (Å²) in [5, 5.41) is 2.60. The van der Waals surface area contributed by atoms with Crippen molar-refractivity contribution in [2.75, 3.05) is 25.5 Å². The molecule has 0 aliphatic carbocycles. The van der Waals surface area contributed by atoms with E-state index in [4.69, 9.17) is 4.74 Å². The molecule has 1 aliphatic heterocycles. The summed E-state index contributed by atoms with van der Waals surface area (Å²) >= 11 is 3.98. The lowest BCUT2D eigenvalue weighted by atomic mass is 10.1. The van der Waals surface area contributed by atoms with E-state index in [2.05, 4.69) is 17.9 Å². The maximum atomic E-state index is 11.7. The van der Waals surface area contributed by atoms with Gasteiger partial charge in [-0.05, 0) is 13.8 Å². The van der Waals surface area contributed by atoms with E-state index in [9.17, 15) is 9.59 Å². The molecule has 0 atom stereocenters. The number of carbonyl (C=O) groups excluding carboxylic acids is 2. The fraction of sp³-hybridized carbons (Fsp3) is 0.778. The monoisotopic (exact) mass is 232 g/mol. The predicted molar refractivity (Wildman–Crippen MR) is 59.0 cm³/mol. The van der Waals surface area contributed by atoms with Crippen LogP contribution in [0.2, 0.25) is 0 Å². The zero-order chi connectivity index (χ0) is 11.5. The predicted octanol–water partition coefficient (Wildman–Crippen LogP) is 0.263. The first-order valence-electron chi connectivity index (χ1n) is 4.82. The van der Waals surface area contributed by atoms with Gasteiger partial charge in [0.15, 0.2) is 0 Å². The summed E-state index contributed by atoms with van der Waals surface area (Å²) in [6, 6.07) is -0.348. The molecule has 0 unspecified atom stereocenters. The third kappa shape index (κ3) is 2.85. The highest BCUT2D eigenvalue weighted by Crippen LogP contribution is 2.15. The Kier molecular flexibility index (Phi) is 3.98. The van der Waals surface area contributed by atoms with E-state index in [1.807, 2.05) is 0 Å². The molecular formula is C9H16N2O3S. The summed E-state index contributed by atoms with van der Waals surface area (Å²) in [4.78, 5) is 24.2. The third-order valence-electron chi connectivity index (χ3n) is 2.14. The van der Waals surface area contributed by atoms with Crippen molar-refractivity contribution in [2.45, 2.75) is 19.4 Å². The normalized spacial score (nSPS) is 19.5. The number of thiol groups is 1. The van der Waals surface area contributed by atoms with Crippen LogP contribution >= 0.6 is 12.6 Å². The van der Waals surface area contributed by atoms with Gasteiger partial charge < -0.3 is 10.1 Å². The van der Waals surface area contributed by atoms with Crippen LogP contribution in [0.3, 0.4) is 0 Å². The Hall–Kier alpha value is -0.750. The molecule has 1 saturated heterocycles. The molecule has 1 heterocycles. The summed E-state index contributed by atoms with van der Waals surface area (Å²) in [7, 11) is 0. The van der Waals surface area contributed by atoms with Crippen molar-refractivity contribution in [1.82, 2.24) is 10.2 Å². The molecule has 0 spiro atoms. The second-order valence-corrected chi connectivity index (χ2v) is 4.30. The van der Waals surface area contributed by atoms with E-state index in [0.29, 0.717) is 25.5 Å². The third-order valence-corrected chi connectivity index (χ3v) is 2.32. The fourth-order valence-electron chi connectivity index (χ4n) is 1.34. The number of urea groups is 1. The molecule has 86 valence electrons. The molecule has 0 aromatic rings. The SMILES string of the molecule is CC1(C)NC(=O)N(CCOCCS)C1=O. The van der Waals surface area contributed by atoms with Gasteiger partial charge in [-0.2, -0.15) is 12.6 Å². The van der Waals surface area contributed by atoms with Crippen LogP contribution in [0.15, 0.2) is 0 Å². The van der Waals surface area contributed by atoms with Crippen LogP contribution in [0.1, 0.15) is 13.8 Å². The van der Waals surface area contributed by atoms with Gasteiger partial charge in [0.25, 0.3) is 5.91 Å². The van der Waals surface area contributed by atoms with Crippen molar-refractivity contribution in [1.29, 1.82) is 0 Å². The highest BCUT2D eigenvalue weighted by Gasteiger charge is 2.43. The van der Waals surface area contributed by atoms with Gasteiger partial charge in [0.1, 0.15) is 5.54 Å². The maximum Gasteiger partial charge on any atom is 0.325 e. The Morgan fingerprint density at radius 3 is 2.53 bits per heavy atom. The number of nitrogens with one attached hydrogen (secondary N) is 1. The lowest BCUT2D eigenvalue weighted by Crippen LogP contribution is -2.40. The molecule has 0 saturated carbocycles. The number of nitrogens with zero attached hydrogens (tertiary/aromatic N) is 1. The summed E-state index contributed by atoms with van der Waals surface area (Å²) in [5.74, 6) is 0.424. The first-order valence-corrected chi connectivity index (χ1v) is 5.45. The van der Waals surface area contributed by atoms with Crippen LogP contribution in [0.25, 0.3) is 0 Å². The minimum atomic E-state index is -0.791. The fourth-order valence-corrected chi connectivity index (χ4v) is 1.47. The number of carbonyl (C=O) groups is 2. The molecule has 1 aliphatic rings. The number of hydrogen-bond donors (Lipinski definition) is 2. The molecular weight excluding hydrogens is 216 g/mol. The Morgan fingerprint density at radius 1 is 1.40 bits per heavy atom. The van der Waals surface area contributed by atoms with Crippen molar-refractivity contribution in [2.24, 2.45) is 0 Å². The van der Waals surface area contributed by atoms with Crippen LogP contribution in [-0.2, 0) is 9.53 Å². The molecule has 15 heavy (non-hydrogen) atoms. The van der Waals surface area contributed by atoms with Gasteiger partial charge >= 0.3 is 6.03 Å². The summed E-state index contributed by atoms with van der Waals surface area (Å²) in [6.45, 7) is 4.54. The highest BCUT2D eigenvalue weighted by atomic mass is 32.1. The molecule has 3 amide bonds. The van der Waals surface area contributed by atoms with Crippen molar-refractivity contribution >= 4 is 24.6 Å². The number of imide groups is 1. The van der Waals surface area contributed by atoms with E-state index in [1.165, 1.54) is 4.90 Å². The van der Waals surface area contributed by atoms with Crippen molar-refractivity contribution in [3.8, 4) is 0 Å². The van der Waals surface area contributed by atoms with Crippen LogP contribution in [0.5, 0.6) is 0 Å². The van der Waals surface area contributed by atoms with Gasteiger partial charge in [-0.3, -0.25) is 9.69 Å². The quantitative estimate of drug-likeness (QED) is 0.406. The van der Waals surface area contributed by atoms with Gasteiger partial charge in [0.2, 0.25) is 0 Å². The largest absolute Gasteiger partial charge is 0.379 e. The average molecular weight is 232 g/mol. The van der Waals surface area contributed by atoms with Crippen LogP contribution in [-0.4, -0.2) is 47.9 Å². The van der Waals surface area contributed by atoms with Crippen molar-refractivity contribution < 1.29 is 14.3 Å². The number of rotatable bonds is 5. The molecule has 0 aromatic carbocycles. The van der Waals surface area contributed by atoms with Gasteiger partial charge in [0, 0.05) is 5.75 Å². The van der Waals surface area contributed by atoms with Crippen LogP contribution in [0.4, 0.5) is 4.79 Å². The molecule has 1 fully saturated rings. The molecule has 1 rings (SSSR count). The molecule has 0 bridgehead atoms. The Bertz CT molecular complexity index is 268. The number of ether oxygens (including phenoxy) is 1. The Balaban J connectivity index is 2.42. The minimum absolute atomic E-state index is 0.207. The Morgan fingerprint density at radius 2 is 2.07 bits per heavy atom. The van der Waals surface area contributed by atoms with E-state index < -0.39 is 5.54 Å². The van der Waals surface area contributed by atoms with Crippen molar-refractivity contribution in [3.05, 3.63) is 0 Å². The topological polar surface area (TPSA) is 58.6 Å². The lowest BCUT2D eigenvalue weighted by molar-refractivity contribution is -0.130. The second kappa shape index (κ2) is 4.85. The smallest absolute Gasteiger partial charge is 0.325 e. The Labute approximate surface area is 94.6 Å². The summed E-state index contributed by atoms with van der Waals surface area (Å²) in [5.41, 5.74) is -0.791. The molecule has 1 N–H and O–H groups in total. The first-order chi connectivity index (χ1) is 6.99. The number of hydrogen-bond acceptors (Lipinski definition) is 4. The van der Waals surface area contributed by atoms with E-state index in [1.54, 1.807) is 13.8 Å². The zero-order valence-corrected chi connectivity index (χ0v) is 9.84. The minimum Gasteiger partial charge on any atom is -0.379 e. The van der Waals surface area contributed by atoms with E-state index >= 15 is 0 Å². The summed E-state index contributed by atoms with van der Waals surface area (Å²) < 4.78 is 5.16. The zero-order valence-electron chi connectivity index (χ0n) is 8.95. The standard InChI is InChI=1S/C9H16N2O3S/c1-9(2)7(12)11(8(13)10-9)3-4-14-5-6-15/h15H,3-6H2,1-2H3,(H,10,13). The van der Waals surface area contributed by atoms with Gasteiger partial charge in [-0.15, -0.1) is 0 Å². The molecule has 0 radical (unpaired) electrons. The van der Waals surface area contributed by atoms with Gasteiger partial charge in [0.05, 0.1) is 19.8 Å². The second-order valence-electron chi connectivity index (χ2n) is 3.85. The van der Waals surface area contributed by atoms with Gasteiger partial charge in [-0.1, -0.05) is 0 Å². The average Bonchev–Trinajstić information content (AvgIpc) is 2.33. The van der Waals surface area contributed by atoms with E-state index in [-0.39, 0.29) is 11.9 Å². The van der Waals surface area contributed by atoms with Gasteiger partial charge in [-0.25, -0.2) is 4.79 Å².